The Labute approximate surface area is 123 Å². The first-order valence-corrected chi connectivity index (χ1v) is 7.02. The molecule has 20 heavy (non-hydrogen) atoms. The van der Waals surface area contributed by atoms with Crippen LogP contribution in [0, 0.1) is 0 Å². The van der Waals surface area contributed by atoms with E-state index in [0.717, 1.165) is 33.0 Å². The van der Waals surface area contributed by atoms with E-state index in [1.165, 1.54) is 5.39 Å². The number of alkyl halides is 1. The quantitative estimate of drug-likeness (QED) is 0.463. The van der Waals surface area contributed by atoms with Crippen molar-refractivity contribution < 1.29 is 4.74 Å². The third kappa shape index (κ3) is 1.95. The minimum Gasteiger partial charge on any atom is -0.496 e. The van der Waals surface area contributed by atoms with Crippen molar-refractivity contribution in [2.24, 2.45) is 0 Å². The fourth-order valence-electron chi connectivity index (χ4n) is 2.64. The number of hydrogen-bond acceptors (Lipinski definition) is 1. The average Bonchev–Trinajstić information content (AvgIpc) is 2.51. The summed E-state index contributed by atoms with van der Waals surface area (Å²) in [6.45, 7) is 3.89. The topological polar surface area (TPSA) is 9.23 Å². The summed E-state index contributed by atoms with van der Waals surface area (Å²) in [5, 5.41) is 4.61. The lowest BCUT2D eigenvalue weighted by Crippen LogP contribution is -1.89. The highest BCUT2D eigenvalue weighted by Gasteiger charge is 2.08. The predicted octanol–water partition coefficient (Wildman–Crippen LogP) is 5.38. The van der Waals surface area contributed by atoms with Gasteiger partial charge in [-0.2, -0.15) is 0 Å². The van der Waals surface area contributed by atoms with Crippen LogP contribution in [-0.4, -0.2) is 7.11 Å². The van der Waals surface area contributed by atoms with Gasteiger partial charge in [0.1, 0.15) is 5.75 Å². The molecule has 0 aliphatic heterocycles. The fourth-order valence-corrected chi connectivity index (χ4v) is 2.88. The molecule has 0 spiro atoms. The van der Waals surface area contributed by atoms with Crippen molar-refractivity contribution in [2.75, 3.05) is 7.11 Å². The Kier molecular flexibility index (Phi) is 3.37. The minimum absolute atomic E-state index is 0.495. The first-order valence-electron chi connectivity index (χ1n) is 6.49. The van der Waals surface area contributed by atoms with Gasteiger partial charge in [-0.25, -0.2) is 0 Å². The fraction of sp³-hybridized carbons (Fsp3) is 0.111. The summed E-state index contributed by atoms with van der Waals surface area (Å²) in [5.74, 6) is 1.38. The first-order chi connectivity index (χ1) is 9.78. The zero-order chi connectivity index (χ0) is 14.1. The van der Waals surface area contributed by atoms with Crippen molar-refractivity contribution in [3.8, 4) is 5.75 Å². The highest BCUT2D eigenvalue weighted by molar-refractivity contribution is 6.18. The normalized spacial score (nSPS) is 10.9. The van der Waals surface area contributed by atoms with E-state index in [0.29, 0.717) is 5.88 Å². The van der Waals surface area contributed by atoms with Crippen LogP contribution in [0.25, 0.3) is 27.6 Å². The highest BCUT2D eigenvalue weighted by atomic mass is 35.5. The van der Waals surface area contributed by atoms with Gasteiger partial charge in [0.2, 0.25) is 0 Å². The lowest BCUT2D eigenvalue weighted by atomic mass is 9.96. The molecule has 0 amide bonds. The molecule has 0 saturated carbocycles. The van der Waals surface area contributed by atoms with Gasteiger partial charge in [0.15, 0.2) is 0 Å². The summed E-state index contributed by atoms with van der Waals surface area (Å²) >= 11 is 6.07. The molecule has 0 saturated heterocycles. The molecule has 3 aromatic rings. The van der Waals surface area contributed by atoms with Crippen LogP contribution in [0.15, 0.2) is 49.0 Å². The zero-order valence-corrected chi connectivity index (χ0v) is 12.1. The molecule has 0 heterocycles. The lowest BCUT2D eigenvalue weighted by molar-refractivity contribution is 0.420. The summed E-state index contributed by atoms with van der Waals surface area (Å²) < 4.78 is 5.45. The zero-order valence-electron chi connectivity index (χ0n) is 11.3. The number of hydrogen-bond donors (Lipinski definition) is 0. The monoisotopic (exact) mass is 282 g/mol. The van der Waals surface area contributed by atoms with Gasteiger partial charge in [0.25, 0.3) is 0 Å². The second-order valence-corrected chi connectivity index (χ2v) is 5.00. The lowest BCUT2D eigenvalue weighted by Gasteiger charge is -2.11. The van der Waals surface area contributed by atoms with Crippen molar-refractivity contribution in [3.05, 3.63) is 60.2 Å². The van der Waals surface area contributed by atoms with Gasteiger partial charge in [0.05, 0.1) is 7.11 Å². The molecule has 0 unspecified atom stereocenters. The van der Waals surface area contributed by atoms with Crippen molar-refractivity contribution in [1.82, 2.24) is 0 Å². The summed E-state index contributed by atoms with van der Waals surface area (Å²) in [7, 11) is 1.70. The Hall–Kier alpha value is -1.99. The molecular weight excluding hydrogens is 268 g/mol. The van der Waals surface area contributed by atoms with E-state index in [4.69, 9.17) is 16.3 Å². The van der Waals surface area contributed by atoms with Crippen LogP contribution in [0.4, 0.5) is 0 Å². The second-order valence-electron chi connectivity index (χ2n) is 4.73. The molecular formula is C18H15ClO. The number of halogens is 1. The molecule has 0 bridgehead atoms. The van der Waals surface area contributed by atoms with Crippen LogP contribution in [0.5, 0.6) is 5.75 Å². The summed E-state index contributed by atoms with van der Waals surface area (Å²) in [4.78, 5) is 0. The Balaban J connectivity index is 2.49. The molecule has 0 aromatic heterocycles. The number of fused-ring (bicyclic) bond motifs is 2. The molecule has 3 aromatic carbocycles. The molecule has 0 fully saturated rings. The Morgan fingerprint density at radius 3 is 2.65 bits per heavy atom. The van der Waals surface area contributed by atoms with E-state index >= 15 is 0 Å². The molecule has 0 aliphatic carbocycles. The van der Waals surface area contributed by atoms with Crippen LogP contribution >= 0.6 is 11.6 Å². The van der Waals surface area contributed by atoms with Gasteiger partial charge in [-0.1, -0.05) is 36.9 Å². The van der Waals surface area contributed by atoms with E-state index in [1.54, 1.807) is 7.11 Å². The third-order valence-corrected chi connectivity index (χ3v) is 3.97. The average molecular weight is 283 g/mol. The maximum atomic E-state index is 6.07. The van der Waals surface area contributed by atoms with Crippen molar-refractivity contribution in [3.63, 3.8) is 0 Å². The van der Waals surface area contributed by atoms with Crippen LogP contribution in [-0.2, 0) is 5.88 Å². The standard InChI is InChI=1S/C18H15ClO/c1-3-12-7-8-14(11-19)16-10-17-13(9-15(12)16)5-4-6-18(17)20-2/h3-10H,1,11H2,2H3. The second kappa shape index (κ2) is 5.18. The van der Waals surface area contributed by atoms with Crippen molar-refractivity contribution in [2.45, 2.75) is 5.88 Å². The van der Waals surface area contributed by atoms with Crippen LogP contribution in [0.3, 0.4) is 0 Å². The van der Waals surface area contributed by atoms with E-state index < -0.39 is 0 Å². The van der Waals surface area contributed by atoms with Crippen molar-refractivity contribution >= 4 is 39.2 Å². The van der Waals surface area contributed by atoms with Crippen LogP contribution in [0.1, 0.15) is 11.1 Å². The van der Waals surface area contributed by atoms with Crippen molar-refractivity contribution in [1.29, 1.82) is 0 Å². The predicted molar refractivity (Wildman–Crippen MR) is 87.7 cm³/mol. The summed E-state index contributed by atoms with van der Waals surface area (Å²) in [5.41, 5.74) is 2.25. The molecule has 3 rings (SSSR count). The Bertz CT molecular complexity index is 805. The first kappa shape index (κ1) is 13.0. The third-order valence-electron chi connectivity index (χ3n) is 3.68. The van der Waals surface area contributed by atoms with Gasteiger partial charge in [-0.05, 0) is 45.5 Å². The van der Waals surface area contributed by atoms with E-state index in [9.17, 15) is 0 Å². The maximum Gasteiger partial charge on any atom is 0.126 e. The largest absolute Gasteiger partial charge is 0.496 e. The van der Waals surface area contributed by atoms with E-state index in [2.05, 4.69) is 36.9 Å². The smallest absolute Gasteiger partial charge is 0.126 e. The molecule has 0 aliphatic rings. The molecule has 0 radical (unpaired) electrons. The van der Waals surface area contributed by atoms with Crippen LogP contribution in [0.2, 0.25) is 0 Å². The molecule has 100 valence electrons. The summed E-state index contributed by atoms with van der Waals surface area (Å²) in [6.07, 6.45) is 1.88. The Morgan fingerprint density at radius 1 is 1.10 bits per heavy atom. The highest BCUT2D eigenvalue weighted by Crippen LogP contribution is 2.33. The van der Waals surface area contributed by atoms with Gasteiger partial charge in [-0.15, -0.1) is 11.6 Å². The van der Waals surface area contributed by atoms with E-state index in [1.807, 2.05) is 18.2 Å². The molecule has 2 heteroatoms. The number of methoxy groups -OCH3 is 1. The van der Waals surface area contributed by atoms with Gasteiger partial charge in [-0.3, -0.25) is 0 Å². The molecule has 1 nitrogen and oxygen atoms in total. The maximum absolute atomic E-state index is 6.07. The number of rotatable bonds is 3. The number of benzene rings is 3. The van der Waals surface area contributed by atoms with Crippen LogP contribution < -0.4 is 4.74 Å². The molecule has 0 atom stereocenters. The van der Waals surface area contributed by atoms with Gasteiger partial charge in [0, 0.05) is 11.3 Å². The SMILES string of the molecule is C=Cc1ccc(CCl)c2cc3c(OC)cccc3cc12. The van der Waals surface area contributed by atoms with Gasteiger partial charge >= 0.3 is 0 Å². The molecule has 0 N–H and O–H groups in total. The number of ether oxygens (including phenoxy) is 1. The summed E-state index contributed by atoms with van der Waals surface area (Å²) in [6, 6.07) is 14.6. The minimum atomic E-state index is 0.495. The van der Waals surface area contributed by atoms with Gasteiger partial charge < -0.3 is 4.74 Å². The Morgan fingerprint density at radius 2 is 1.95 bits per heavy atom. The van der Waals surface area contributed by atoms with E-state index in [-0.39, 0.29) is 0 Å².